The largest absolute Gasteiger partial charge is 0.372 e. The van der Waals surface area contributed by atoms with Gasteiger partial charge < -0.3 is 5.32 Å². The molecule has 2 aliphatic rings. The Balaban J connectivity index is 1.69. The van der Waals surface area contributed by atoms with Crippen molar-refractivity contribution in [3.63, 3.8) is 0 Å². The SMILES string of the molecule is CNc1nc(CN2CC3CCC2C3)nc2sc(C)c(C)c12. The van der Waals surface area contributed by atoms with Gasteiger partial charge in [-0.2, -0.15) is 0 Å². The minimum Gasteiger partial charge on any atom is -0.372 e. The standard InChI is InChI=1S/C16H22N4S/c1-9-10(2)21-16-14(9)15(17-3)18-13(19-16)8-20-7-11-4-5-12(20)6-11/h11-12H,4-8H2,1-3H3,(H,17,18,19). The first-order valence-electron chi connectivity index (χ1n) is 7.84. The van der Waals surface area contributed by atoms with Gasteiger partial charge in [-0.1, -0.05) is 0 Å². The van der Waals surface area contributed by atoms with Crippen LogP contribution in [0.25, 0.3) is 10.2 Å². The van der Waals surface area contributed by atoms with Gasteiger partial charge in [-0.3, -0.25) is 4.90 Å². The van der Waals surface area contributed by atoms with Crippen LogP contribution in [-0.2, 0) is 6.54 Å². The van der Waals surface area contributed by atoms with Crippen molar-refractivity contribution in [3.05, 3.63) is 16.3 Å². The molecule has 1 N–H and O–H groups in total. The van der Waals surface area contributed by atoms with Crippen molar-refractivity contribution >= 4 is 27.4 Å². The fourth-order valence-electron chi connectivity index (χ4n) is 3.95. The van der Waals surface area contributed by atoms with Crippen LogP contribution in [0.1, 0.15) is 35.5 Å². The van der Waals surface area contributed by atoms with Crippen molar-refractivity contribution < 1.29 is 0 Å². The average Bonchev–Trinajstić information content (AvgIpc) is 3.14. The van der Waals surface area contributed by atoms with Crippen molar-refractivity contribution in [1.82, 2.24) is 14.9 Å². The number of anilines is 1. The summed E-state index contributed by atoms with van der Waals surface area (Å²) >= 11 is 1.79. The van der Waals surface area contributed by atoms with Crippen LogP contribution in [0.2, 0.25) is 0 Å². The molecule has 2 bridgehead atoms. The van der Waals surface area contributed by atoms with Gasteiger partial charge in [0, 0.05) is 24.5 Å². The summed E-state index contributed by atoms with van der Waals surface area (Å²) in [4.78, 5) is 14.7. The molecule has 2 aromatic heterocycles. The third kappa shape index (κ3) is 2.14. The first-order chi connectivity index (χ1) is 10.2. The first-order valence-corrected chi connectivity index (χ1v) is 8.65. The molecule has 4 nitrogen and oxygen atoms in total. The molecule has 0 aromatic carbocycles. The molecule has 2 aromatic rings. The lowest BCUT2D eigenvalue weighted by Gasteiger charge is -2.25. The van der Waals surface area contributed by atoms with Crippen LogP contribution in [0.4, 0.5) is 5.82 Å². The van der Waals surface area contributed by atoms with Gasteiger partial charge in [0.15, 0.2) is 0 Å². The van der Waals surface area contributed by atoms with Crippen LogP contribution in [0.3, 0.4) is 0 Å². The number of fused-ring (bicyclic) bond motifs is 3. The number of piperidine rings is 1. The van der Waals surface area contributed by atoms with Crippen molar-refractivity contribution in [3.8, 4) is 0 Å². The van der Waals surface area contributed by atoms with E-state index in [0.29, 0.717) is 0 Å². The molecule has 1 saturated heterocycles. The van der Waals surface area contributed by atoms with E-state index in [1.165, 1.54) is 41.6 Å². The van der Waals surface area contributed by atoms with Crippen LogP contribution >= 0.6 is 11.3 Å². The summed E-state index contributed by atoms with van der Waals surface area (Å²) in [6.45, 7) is 6.48. The maximum atomic E-state index is 4.84. The first kappa shape index (κ1) is 13.5. The molecule has 1 aliphatic heterocycles. The van der Waals surface area contributed by atoms with Crippen molar-refractivity contribution in [1.29, 1.82) is 0 Å². The molecule has 0 spiro atoms. The lowest BCUT2D eigenvalue weighted by atomic mass is 10.1. The molecule has 2 unspecified atom stereocenters. The Morgan fingerprint density at radius 3 is 2.81 bits per heavy atom. The number of rotatable bonds is 3. The van der Waals surface area contributed by atoms with Crippen LogP contribution < -0.4 is 5.32 Å². The van der Waals surface area contributed by atoms with E-state index in [9.17, 15) is 0 Å². The monoisotopic (exact) mass is 302 g/mol. The average molecular weight is 302 g/mol. The highest BCUT2D eigenvalue weighted by Gasteiger charge is 2.37. The highest BCUT2D eigenvalue weighted by Crippen LogP contribution is 2.38. The molecule has 0 radical (unpaired) electrons. The molecule has 2 atom stereocenters. The molecule has 2 fully saturated rings. The van der Waals surface area contributed by atoms with Crippen LogP contribution in [0, 0.1) is 19.8 Å². The van der Waals surface area contributed by atoms with E-state index in [2.05, 4.69) is 24.1 Å². The van der Waals surface area contributed by atoms with Crippen LogP contribution in [0.5, 0.6) is 0 Å². The van der Waals surface area contributed by atoms with Crippen molar-refractivity contribution in [2.75, 3.05) is 18.9 Å². The molecule has 0 amide bonds. The van der Waals surface area contributed by atoms with E-state index in [-0.39, 0.29) is 0 Å². The zero-order chi connectivity index (χ0) is 14.6. The molecule has 5 heteroatoms. The van der Waals surface area contributed by atoms with Crippen LogP contribution in [0.15, 0.2) is 0 Å². The number of likely N-dealkylation sites (tertiary alicyclic amines) is 1. The summed E-state index contributed by atoms with van der Waals surface area (Å²) in [7, 11) is 1.95. The zero-order valence-corrected chi connectivity index (χ0v) is 13.8. The number of hydrogen-bond donors (Lipinski definition) is 1. The minimum atomic E-state index is 0.777. The van der Waals surface area contributed by atoms with Gasteiger partial charge in [0.2, 0.25) is 0 Å². The van der Waals surface area contributed by atoms with Gasteiger partial charge in [-0.05, 0) is 44.6 Å². The molecule has 1 aliphatic carbocycles. The Morgan fingerprint density at radius 1 is 1.29 bits per heavy atom. The minimum absolute atomic E-state index is 0.777. The quantitative estimate of drug-likeness (QED) is 0.944. The highest BCUT2D eigenvalue weighted by molar-refractivity contribution is 7.18. The predicted molar refractivity (Wildman–Crippen MR) is 88.0 cm³/mol. The van der Waals surface area contributed by atoms with E-state index in [0.717, 1.165) is 35.0 Å². The summed E-state index contributed by atoms with van der Waals surface area (Å²) in [5.41, 5.74) is 1.31. The Kier molecular flexibility index (Phi) is 3.15. The number of nitrogens with one attached hydrogen (secondary N) is 1. The Morgan fingerprint density at radius 2 is 2.14 bits per heavy atom. The van der Waals surface area contributed by atoms with Crippen molar-refractivity contribution in [2.24, 2.45) is 5.92 Å². The molecular formula is C16H22N4S. The van der Waals surface area contributed by atoms with Gasteiger partial charge >= 0.3 is 0 Å². The van der Waals surface area contributed by atoms with Gasteiger partial charge in [0.1, 0.15) is 16.5 Å². The molecule has 112 valence electrons. The molecule has 4 rings (SSSR count). The Labute approximate surface area is 129 Å². The number of aryl methyl sites for hydroxylation is 2. The topological polar surface area (TPSA) is 41.1 Å². The summed E-state index contributed by atoms with van der Waals surface area (Å²) in [5, 5.41) is 4.46. The normalized spacial score (nSPS) is 25.1. The van der Waals surface area contributed by atoms with Crippen LogP contribution in [-0.4, -0.2) is 34.5 Å². The van der Waals surface area contributed by atoms with E-state index in [1.54, 1.807) is 11.3 Å². The Bertz CT molecular complexity index is 693. The van der Waals surface area contributed by atoms with Crippen molar-refractivity contribution in [2.45, 2.75) is 45.7 Å². The van der Waals surface area contributed by atoms with E-state index in [4.69, 9.17) is 9.97 Å². The van der Waals surface area contributed by atoms with Gasteiger partial charge in [-0.25, -0.2) is 9.97 Å². The fourth-order valence-corrected chi connectivity index (χ4v) is 5.00. The summed E-state index contributed by atoms with van der Waals surface area (Å²) in [6, 6.07) is 0.777. The lowest BCUT2D eigenvalue weighted by Crippen LogP contribution is -2.32. The molecular weight excluding hydrogens is 280 g/mol. The third-order valence-corrected chi connectivity index (χ3v) is 6.28. The van der Waals surface area contributed by atoms with E-state index >= 15 is 0 Å². The highest BCUT2D eigenvalue weighted by atomic mass is 32.1. The zero-order valence-electron chi connectivity index (χ0n) is 12.9. The van der Waals surface area contributed by atoms with Gasteiger partial charge in [0.25, 0.3) is 0 Å². The molecule has 1 saturated carbocycles. The summed E-state index contributed by atoms with van der Waals surface area (Å²) in [6.07, 6.45) is 4.17. The van der Waals surface area contributed by atoms with E-state index < -0.39 is 0 Å². The maximum absolute atomic E-state index is 4.84. The third-order valence-electron chi connectivity index (χ3n) is 5.18. The number of hydrogen-bond acceptors (Lipinski definition) is 5. The fraction of sp³-hybridized carbons (Fsp3) is 0.625. The molecule has 3 heterocycles. The lowest BCUT2D eigenvalue weighted by molar-refractivity contribution is 0.201. The predicted octanol–water partition coefficient (Wildman–Crippen LogP) is 3.33. The second-order valence-corrected chi connectivity index (χ2v) is 7.67. The Hall–Kier alpha value is -1.20. The molecule has 21 heavy (non-hydrogen) atoms. The summed E-state index contributed by atoms with van der Waals surface area (Å²) in [5.74, 6) is 2.88. The van der Waals surface area contributed by atoms with E-state index in [1.807, 2.05) is 7.05 Å². The van der Waals surface area contributed by atoms with Gasteiger partial charge in [-0.15, -0.1) is 11.3 Å². The number of thiophene rings is 1. The maximum Gasteiger partial charge on any atom is 0.146 e. The number of aromatic nitrogens is 2. The van der Waals surface area contributed by atoms with Gasteiger partial charge in [0.05, 0.1) is 11.9 Å². The smallest absolute Gasteiger partial charge is 0.146 e. The summed E-state index contributed by atoms with van der Waals surface area (Å²) < 4.78 is 0. The number of nitrogens with zero attached hydrogens (tertiary/aromatic N) is 3. The second-order valence-electron chi connectivity index (χ2n) is 6.46. The second kappa shape index (κ2) is 4.92.